The molecule has 3 aromatic carbocycles. The van der Waals surface area contributed by atoms with Gasteiger partial charge in [-0.15, -0.1) is 0 Å². The van der Waals surface area contributed by atoms with Crippen molar-refractivity contribution in [2.75, 3.05) is 19.7 Å². The molecule has 7 nitrogen and oxygen atoms in total. The van der Waals surface area contributed by atoms with Crippen molar-refractivity contribution in [3.8, 4) is 0 Å². The maximum atomic E-state index is 12.4. The standard InChI is InChI=1S/C31H36N2O5/c34-20-23-10-12-24(13-11-23)29-17-28(19-33-16-4-7-27(33)21-35)37-31(38-29)26-14-8-22(9-15-26)18-32-30(36)25-5-2-1-3-6-25/h1-3,5-6,8-15,27-29,31,34-35H,4,7,16-21H2,(H,32,36). The topological polar surface area (TPSA) is 91.3 Å². The van der Waals surface area contributed by atoms with Crippen molar-refractivity contribution in [1.82, 2.24) is 10.2 Å². The van der Waals surface area contributed by atoms with Crippen LogP contribution in [0.1, 0.15) is 64.3 Å². The monoisotopic (exact) mass is 516 g/mol. The van der Waals surface area contributed by atoms with E-state index in [1.54, 1.807) is 12.1 Å². The van der Waals surface area contributed by atoms with Gasteiger partial charge in [0.2, 0.25) is 0 Å². The summed E-state index contributed by atoms with van der Waals surface area (Å²) in [5.74, 6) is -0.102. The number of aliphatic hydroxyl groups is 2. The van der Waals surface area contributed by atoms with E-state index in [9.17, 15) is 15.0 Å². The summed E-state index contributed by atoms with van der Waals surface area (Å²) in [6.07, 6.45) is 2.09. The third-order valence-corrected chi connectivity index (χ3v) is 7.50. The maximum absolute atomic E-state index is 12.4. The number of nitrogens with zero attached hydrogens (tertiary/aromatic N) is 1. The molecular formula is C31H36N2O5. The van der Waals surface area contributed by atoms with Crippen LogP contribution in [-0.4, -0.2) is 52.9 Å². The number of carbonyl (C=O) groups excluding carboxylic acids is 1. The van der Waals surface area contributed by atoms with Gasteiger partial charge in [-0.1, -0.05) is 66.7 Å². The molecule has 5 rings (SSSR count). The van der Waals surface area contributed by atoms with E-state index < -0.39 is 6.29 Å². The molecule has 3 aromatic rings. The van der Waals surface area contributed by atoms with Crippen molar-refractivity contribution in [2.24, 2.45) is 0 Å². The highest BCUT2D eigenvalue weighted by Gasteiger charge is 2.35. The summed E-state index contributed by atoms with van der Waals surface area (Å²) in [7, 11) is 0. The minimum absolute atomic E-state index is 0.00975. The second-order valence-corrected chi connectivity index (χ2v) is 10.1. The molecule has 0 aliphatic carbocycles. The summed E-state index contributed by atoms with van der Waals surface area (Å²) < 4.78 is 12.9. The van der Waals surface area contributed by atoms with E-state index in [-0.39, 0.29) is 37.4 Å². The fourth-order valence-electron chi connectivity index (χ4n) is 5.30. The van der Waals surface area contributed by atoms with Crippen LogP contribution in [0.4, 0.5) is 0 Å². The lowest BCUT2D eigenvalue weighted by molar-refractivity contribution is -0.253. The fourth-order valence-corrected chi connectivity index (χ4v) is 5.30. The molecule has 2 fully saturated rings. The first-order chi connectivity index (χ1) is 18.6. The Labute approximate surface area is 224 Å². The van der Waals surface area contributed by atoms with E-state index in [0.717, 1.165) is 48.2 Å². The lowest BCUT2D eigenvalue weighted by Gasteiger charge is -2.38. The van der Waals surface area contributed by atoms with Crippen LogP contribution >= 0.6 is 0 Å². The largest absolute Gasteiger partial charge is 0.395 e. The average Bonchev–Trinajstić information content (AvgIpc) is 3.43. The van der Waals surface area contributed by atoms with Crippen molar-refractivity contribution in [3.63, 3.8) is 0 Å². The van der Waals surface area contributed by atoms with E-state index >= 15 is 0 Å². The average molecular weight is 517 g/mol. The van der Waals surface area contributed by atoms with Gasteiger partial charge in [-0.2, -0.15) is 0 Å². The second kappa shape index (κ2) is 12.7. The molecule has 38 heavy (non-hydrogen) atoms. The van der Waals surface area contributed by atoms with Crippen molar-refractivity contribution in [2.45, 2.75) is 57.0 Å². The van der Waals surface area contributed by atoms with Gasteiger partial charge in [0.15, 0.2) is 6.29 Å². The van der Waals surface area contributed by atoms with E-state index in [2.05, 4.69) is 10.2 Å². The molecule has 1 amide bonds. The molecule has 3 N–H and O–H groups in total. The van der Waals surface area contributed by atoms with E-state index in [1.165, 1.54) is 0 Å². The lowest BCUT2D eigenvalue weighted by Crippen LogP contribution is -2.42. The SMILES string of the molecule is O=C(NCc1ccc(C2OC(CN3CCCC3CO)CC(c3ccc(CO)cc3)O2)cc1)c1ccccc1. The number of carbonyl (C=O) groups is 1. The highest BCUT2D eigenvalue weighted by molar-refractivity contribution is 5.94. The second-order valence-electron chi connectivity index (χ2n) is 10.1. The van der Waals surface area contributed by atoms with Gasteiger partial charge in [0.25, 0.3) is 5.91 Å². The minimum Gasteiger partial charge on any atom is -0.395 e. The summed E-state index contributed by atoms with van der Waals surface area (Å²) in [6, 6.07) is 25.2. The predicted octanol–water partition coefficient (Wildman–Crippen LogP) is 4.11. The minimum atomic E-state index is -0.528. The zero-order valence-corrected chi connectivity index (χ0v) is 21.5. The van der Waals surface area contributed by atoms with Crippen LogP contribution in [0.5, 0.6) is 0 Å². The van der Waals surface area contributed by atoms with Gasteiger partial charge in [0, 0.05) is 36.7 Å². The first-order valence-electron chi connectivity index (χ1n) is 13.4. The van der Waals surface area contributed by atoms with Crippen molar-refractivity contribution < 1.29 is 24.5 Å². The van der Waals surface area contributed by atoms with E-state index in [0.29, 0.717) is 18.5 Å². The molecule has 0 bridgehead atoms. The highest BCUT2D eigenvalue weighted by Crippen LogP contribution is 2.38. The normalized spacial score (nSPS) is 23.8. The number of rotatable bonds is 9. The third kappa shape index (κ3) is 6.49. The van der Waals surface area contributed by atoms with Gasteiger partial charge in [0.05, 0.1) is 25.4 Å². The van der Waals surface area contributed by atoms with Gasteiger partial charge in [-0.05, 0) is 48.2 Å². The molecule has 4 atom stereocenters. The van der Waals surface area contributed by atoms with Crippen LogP contribution in [0.25, 0.3) is 0 Å². The summed E-state index contributed by atoms with van der Waals surface area (Å²) in [6.45, 7) is 2.33. The molecule has 200 valence electrons. The van der Waals surface area contributed by atoms with Crippen molar-refractivity contribution >= 4 is 5.91 Å². The molecule has 0 radical (unpaired) electrons. The first kappa shape index (κ1) is 26.5. The molecule has 7 heteroatoms. The van der Waals surface area contributed by atoms with Crippen molar-refractivity contribution in [1.29, 1.82) is 0 Å². The number of hydrogen-bond acceptors (Lipinski definition) is 6. The number of aliphatic hydroxyl groups excluding tert-OH is 2. The summed E-state index contributed by atoms with van der Waals surface area (Å²) in [4.78, 5) is 14.7. The Bertz CT molecular complexity index is 1170. The Balaban J connectivity index is 1.28. The van der Waals surface area contributed by atoms with Gasteiger partial charge in [-0.3, -0.25) is 9.69 Å². The summed E-state index contributed by atoms with van der Waals surface area (Å²) in [5.41, 5.74) is 4.47. The quantitative estimate of drug-likeness (QED) is 0.397. The summed E-state index contributed by atoms with van der Waals surface area (Å²) in [5, 5.41) is 22.2. The van der Waals surface area contributed by atoms with Crippen LogP contribution in [-0.2, 0) is 22.6 Å². The van der Waals surface area contributed by atoms with Crippen LogP contribution in [0.3, 0.4) is 0 Å². The fraction of sp³-hybridized carbons (Fsp3) is 0.387. The zero-order valence-electron chi connectivity index (χ0n) is 21.5. The Hall–Kier alpha value is -3.07. The molecule has 0 aromatic heterocycles. The van der Waals surface area contributed by atoms with Gasteiger partial charge < -0.3 is 25.0 Å². The molecule has 2 aliphatic rings. The number of benzene rings is 3. The van der Waals surface area contributed by atoms with Gasteiger partial charge >= 0.3 is 0 Å². The third-order valence-electron chi connectivity index (χ3n) is 7.50. The highest BCUT2D eigenvalue weighted by atomic mass is 16.7. The molecule has 2 saturated heterocycles. The number of amides is 1. The van der Waals surface area contributed by atoms with Crippen LogP contribution in [0.15, 0.2) is 78.9 Å². The van der Waals surface area contributed by atoms with E-state index in [4.69, 9.17) is 9.47 Å². The first-order valence-corrected chi connectivity index (χ1v) is 13.4. The lowest BCUT2D eigenvalue weighted by atomic mass is 9.99. The number of nitrogens with one attached hydrogen (secondary N) is 1. The molecule has 2 aliphatic heterocycles. The molecule has 0 spiro atoms. The van der Waals surface area contributed by atoms with Crippen LogP contribution < -0.4 is 5.32 Å². The zero-order chi connectivity index (χ0) is 26.3. The molecular weight excluding hydrogens is 480 g/mol. The molecule has 2 heterocycles. The Morgan fingerprint density at radius 2 is 1.61 bits per heavy atom. The Kier molecular flexibility index (Phi) is 8.83. The van der Waals surface area contributed by atoms with Gasteiger partial charge in [0.1, 0.15) is 0 Å². The van der Waals surface area contributed by atoms with Gasteiger partial charge in [-0.25, -0.2) is 0 Å². The smallest absolute Gasteiger partial charge is 0.251 e. The van der Waals surface area contributed by atoms with Crippen molar-refractivity contribution in [3.05, 3.63) is 107 Å². The Morgan fingerprint density at radius 3 is 2.32 bits per heavy atom. The van der Waals surface area contributed by atoms with Crippen LogP contribution in [0.2, 0.25) is 0 Å². The van der Waals surface area contributed by atoms with E-state index in [1.807, 2.05) is 66.7 Å². The number of likely N-dealkylation sites (tertiary alicyclic amines) is 1. The predicted molar refractivity (Wildman–Crippen MR) is 144 cm³/mol. The number of hydrogen-bond donors (Lipinski definition) is 3. The Morgan fingerprint density at radius 1 is 0.895 bits per heavy atom. The summed E-state index contributed by atoms with van der Waals surface area (Å²) >= 11 is 0. The van der Waals surface area contributed by atoms with Crippen LogP contribution in [0, 0.1) is 0 Å². The maximum Gasteiger partial charge on any atom is 0.251 e. The number of ether oxygens (including phenoxy) is 2. The molecule has 0 saturated carbocycles. The molecule has 4 unspecified atom stereocenters.